The van der Waals surface area contributed by atoms with Crippen LogP contribution in [0.5, 0.6) is 0 Å². The van der Waals surface area contributed by atoms with Crippen LogP contribution >= 0.6 is 24.8 Å². The van der Waals surface area contributed by atoms with Crippen LogP contribution in [0, 0.1) is 0 Å². The van der Waals surface area contributed by atoms with Crippen molar-refractivity contribution < 1.29 is 4.79 Å². The van der Waals surface area contributed by atoms with Crippen molar-refractivity contribution >= 4 is 36.4 Å². The van der Waals surface area contributed by atoms with Crippen LogP contribution < -0.4 is 5.73 Å². The van der Waals surface area contributed by atoms with E-state index in [-0.39, 0.29) is 30.7 Å². The lowest BCUT2D eigenvalue weighted by molar-refractivity contribution is 0.0628. The van der Waals surface area contributed by atoms with Crippen molar-refractivity contribution in [2.75, 3.05) is 31.9 Å². The molecule has 4 nitrogen and oxygen atoms in total. The van der Waals surface area contributed by atoms with Crippen molar-refractivity contribution in [3.63, 3.8) is 0 Å². The predicted octanol–water partition coefficient (Wildman–Crippen LogP) is 2.03. The summed E-state index contributed by atoms with van der Waals surface area (Å²) in [6.45, 7) is 3.65. The standard InChI is InChI=1S/C14H19N3O.2ClH/c15-13-4-2-1-3-12(13)14(18)17-9-7-16(8-10-17)11-5-6-11;;/h1-4,11H,5-10,15H2;2*1H. The van der Waals surface area contributed by atoms with Crippen LogP contribution in [-0.2, 0) is 0 Å². The first-order chi connectivity index (χ1) is 8.75. The number of hydrogen-bond acceptors (Lipinski definition) is 3. The van der Waals surface area contributed by atoms with E-state index in [2.05, 4.69) is 4.90 Å². The average Bonchev–Trinajstić information content (AvgIpc) is 3.23. The van der Waals surface area contributed by atoms with Gasteiger partial charge in [-0.05, 0) is 25.0 Å². The molecule has 3 rings (SSSR count). The Balaban J connectivity index is 0.000001000. The van der Waals surface area contributed by atoms with Gasteiger partial charge in [-0.1, -0.05) is 12.1 Å². The molecule has 1 aromatic carbocycles. The van der Waals surface area contributed by atoms with E-state index in [4.69, 9.17) is 5.73 Å². The highest BCUT2D eigenvalue weighted by molar-refractivity contribution is 5.99. The van der Waals surface area contributed by atoms with E-state index in [1.165, 1.54) is 12.8 Å². The van der Waals surface area contributed by atoms with Gasteiger partial charge in [0.05, 0.1) is 5.56 Å². The smallest absolute Gasteiger partial charge is 0.256 e. The Kier molecular flexibility index (Phi) is 6.11. The monoisotopic (exact) mass is 317 g/mol. The van der Waals surface area contributed by atoms with Crippen LogP contribution in [0.4, 0.5) is 5.69 Å². The van der Waals surface area contributed by atoms with Crippen LogP contribution in [0.15, 0.2) is 24.3 Å². The maximum atomic E-state index is 12.3. The molecule has 6 heteroatoms. The quantitative estimate of drug-likeness (QED) is 0.849. The van der Waals surface area contributed by atoms with Gasteiger partial charge in [-0.25, -0.2) is 0 Å². The predicted molar refractivity (Wildman–Crippen MR) is 85.8 cm³/mol. The van der Waals surface area contributed by atoms with Gasteiger partial charge in [-0.3, -0.25) is 9.69 Å². The molecule has 1 aliphatic carbocycles. The maximum absolute atomic E-state index is 12.3. The molecule has 0 spiro atoms. The fourth-order valence-corrected chi connectivity index (χ4v) is 2.59. The molecule has 2 N–H and O–H groups in total. The molecule has 0 radical (unpaired) electrons. The van der Waals surface area contributed by atoms with E-state index < -0.39 is 0 Å². The zero-order valence-electron chi connectivity index (χ0n) is 11.3. The molecule has 1 amide bonds. The van der Waals surface area contributed by atoms with Crippen molar-refractivity contribution in [1.82, 2.24) is 9.80 Å². The molecular weight excluding hydrogens is 297 g/mol. The lowest BCUT2D eigenvalue weighted by atomic mass is 10.1. The highest BCUT2D eigenvalue weighted by Crippen LogP contribution is 2.27. The lowest BCUT2D eigenvalue weighted by Crippen LogP contribution is -2.49. The second-order valence-corrected chi connectivity index (χ2v) is 5.15. The van der Waals surface area contributed by atoms with E-state index in [0.29, 0.717) is 11.3 Å². The minimum absolute atomic E-state index is 0. The fourth-order valence-electron chi connectivity index (χ4n) is 2.59. The molecule has 2 fully saturated rings. The van der Waals surface area contributed by atoms with E-state index in [0.717, 1.165) is 32.2 Å². The average molecular weight is 318 g/mol. The van der Waals surface area contributed by atoms with Crippen LogP contribution in [0.25, 0.3) is 0 Å². The van der Waals surface area contributed by atoms with Crippen LogP contribution in [0.2, 0.25) is 0 Å². The zero-order valence-corrected chi connectivity index (χ0v) is 13.0. The molecule has 1 aromatic rings. The van der Waals surface area contributed by atoms with E-state index >= 15 is 0 Å². The summed E-state index contributed by atoms with van der Waals surface area (Å²) in [4.78, 5) is 16.8. The molecule has 2 aliphatic rings. The fraction of sp³-hybridized carbons (Fsp3) is 0.500. The molecule has 20 heavy (non-hydrogen) atoms. The van der Waals surface area contributed by atoms with Gasteiger partial charge in [0.2, 0.25) is 0 Å². The number of nitrogens with two attached hydrogens (primary N) is 1. The number of rotatable bonds is 2. The summed E-state index contributed by atoms with van der Waals surface area (Å²) < 4.78 is 0. The van der Waals surface area contributed by atoms with Gasteiger partial charge >= 0.3 is 0 Å². The number of piperazine rings is 1. The minimum Gasteiger partial charge on any atom is -0.398 e. The van der Waals surface area contributed by atoms with Crippen molar-refractivity contribution in [2.45, 2.75) is 18.9 Å². The number of carbonyl (C=O) groups is 1. The molecular formula is C14H21Cl2N3O. The van der Waals surface area contributed by atoms with Gasteiger partial charge in [0.1, 0.15) is 0 Å². The number of hydrogen-bond donors (Lipinski definition) is 1. The lowest BCUT2D eigenvalue weighted by Gasteiger charge is -2.35. The molecule has 1 saturated heterocycles. The normalized spacial score (nSPS) is 18.9. The number of para-hydroxylation sites is 1. The van der Waals surface area contributed by atoms with Crippen molar-refractivity contribution in [3.05, 3.63) is 29.8 Å². The third kappa shape index (κ3) is 3.57. The highest BCUT2D eigenvalue weighted by atomic mass is 35.5. The highest BCUT2D eigenvalue weighted by Gasteiger charge is 2.32. The van der Waals surface area contributed by atoms with Gasteiger partial charge in [0.15, 0.2) is 0 Å². The first-order valence-corrected chi connectivity index (χ1v) is 6.63. The molecule has 112 valence electrons. The second-order valence-electron chi connectivity index (χ2n) is 5.15. The van der Waals surface area contributed by atoms with E-state index in [1.807, 2.05) is 23.1 Å². The molecule has 1 aliphatic heterocycles. The third-order valence-electron chi connectivity index (χ3n) is 3.86. The number of nitrogen functional groups attached to an aromatic ring is 1. The third-order valence-corrected chi connectivity index (χ3v) is 3.86. The minimum atomic E-state index is 0. The first-order valence-electron chi connectivity index (χ1n) is 6.63. The largest absolute Gasteiger partial charge is 0.398 e. The van der Waals surface area contributed by atoms with Crippen LogP contribution in [0.1, 0.15) is 23.2 Å². The molecule has 1 saturated carbocycles. The van der Waals surface area contributed by atoms with Crippen molar-refractivity contribution in [3.8, 4) is 0 Å². The second kappa shape index (κ2) is 7.16. The Labute approximate surface area is 132 Å². The molecule has 0 aromatic heterocycles. The van der Waals surface area contributed by atoms with Gasteiger partial charge in [-0.2, -0.15) is 0 Å². The molecule has 1 heterocycles. The van der Waals surface area contributed by atoms with Gasteiger partial charge in [0, 0.05) is 37.9 Å². The van der Waals surface area contributed by atoms with Gasteiger partial charge < -0.3 is 10.6 Å². The van der Waals surface area contributed by atoms with Gasteiger partial charge in [-0.15, -0.1) is 24.8 Å². The topological polar surface area (TPSA) is 49.6 Å². The number of nitrogens with zero attached hydrogens (tertiary/aromatic N) is 2. The Morgan fingerprint density at radius 2 is 1.65 bits per heavy atom. The summed E-state index contributed by atoms with van der Waals surface area (Å²) in [5.74, 6) is 0.0727. The summed E-state index contributed by atoms with van der Waals surface area (Å²) in [6.07, 6.45) is 2.67. The number of halogens is 2. The summed E-state index contributed by atoms with van der Waals surface area (Å²) in [5, 5.41) is 0. The number of benzene rings is 1. The summed E-state index contributed by atoms with van der Waals surface area (Å²) in [6, 6.07) is 8.11. The zero-order chi connectivity index (χ0) is 12.5. The Hall–Kier alpha value is -0.970. The molecule has 0 unspecified atom stereocenters. The van der Waals surface area contributed by atoms with Crippen molar-refractivity contribution in [2.24, 2.45) is 0 Å². The van der Waals surface area contributed by atoms with Crippen LogP contribution in [0.3, 0.4) is 0 Å². The van der Waals surface area contributed by atoms with Crippen LogP contribution in [-0.4, -0.2) is 47.9 Å². The molecule has 0 atom stereocenters. The van der Waals surface area contributed by atoms with E-state index in [9.17, 15) is 4.79 Å². The Morgan fingerprint density at radius 1 is 1.05 bits per heavy atom. The first kappa shape index (κ1) is 17.1. The number of amides is 1. The molecule has 0 bridgehead atoms. The summed E-state index contributed by atoms with van der Waals surface area (Å²) in [7, 11) is 0. The number of anilines is 1. The maximum Gasteiger partial charge on any atom is 0.256 e. The van der Waals surface area contributed by atoms with E-state index in [1.54, 1.807) is 6.07 Å². The number of carbonyl (C=O) groups excluding carboxylic acids is 1. The summed E-state index contributed by atoms with van der Waals surface area (Å²) >= 11 is 0. The Morgan fingerprint density at radius 3 is 2.20 bits per heavy atom. The van der Waals surface area contributed by atoms with Crippen molar-refractivity contribution in [1.29, 1.82) is 0 Å². The SMILES string of the molecule is Cl.Cl.Nc1ccccc1C(=O)N1CCN(C2CC2)CC1. The Bertz CT molecular complexity index is 457. The van der Waals surface area contributed by atoms with Gasteiger partial charge in [0.25, 0.3) is 5.91 Å². The summed E-state index contributed by atoms with van der Waals surface area (Å²) in [5.41, 5.74) is 7.07.